The Morgan fingerprint density at radius 3 is 2.19 bits per heavy atom. The molecule has 2 rings (SSSR count). The molecule has 1 aromatic carbocycles. The van der Waals surface area contributed by atoms with Gasteiger partial charge >= 0.3 is 6.03 Å². The summed E-state index contributed by atoms with van der Waals surface area (Å²) in [6.45, 7) is 1.65. The van der Waals surface area contributed by atoms with Gasteiger partial charge in [0, 0.05) is 6.42 Å². The van der Waals surface area contributed by atoms with Crippen LogP contribution in [0.15, 0.2) is 29.8 Å². The lowest BCUT2D eigenvalue weighted by Gasteiger charge is -2.16. The van der Waals surface area contributed by atoms with Crippen molar-refractivity contribution in [3.8, 4) is 6.07 Å². The SMILES string of the molecule is CC(=C1C(=O)NC(=O)NC1=O)c1ccc(CCC#N)cc1. The van der Waals surface area contributed by atoms with Gasteiger partial charge in [0.25, 0.3) is 11.8 Å². The van der Waals surface area contributed by atoms with Crippen molar-refractivity contribution in [3.63, 3.8) is 0 Å². The fourth-order valence-electron chi connectivity index (χ4n) is 2.07. The number of aryl methyl sites for hydroxylation is 1. The van der Waals surface area contributed by atoms with Crippen LogP contribution in [-0.4, -0.2) is 17.8 Å². The first-order chi connectivity index (χ1) is 10.0. The van der Waals surface area contributed by atoms with Gasteiger partial charge in [-0.1, -0.05) is 24.3 Å². The van der Waals surface area contributed by atoms with Crippen LogP contribution in [0.3, 0.4) is 0 Å². The van der Waals surface area contributed by atoms with Crippen molar-refractivity contribution in [3.05, 3.63) is 41.0 Å². The van der Waals surface area contributed by atoms with Crippen LogP contribution in [0.1, 0.15) is 24.5 Å². The van der Waals surface area contributed by atoms with Crippen molar-refractivity contribution in [2.75, 3.05) is 0 Å². The van der Waals surface area contributed by atoms with Crippen LogP contribution in [0.5, 0.6) is 0 Å². The Labute approximate surface area is 121 Å². The van der Waals surface area contributed by atoms with Crippen molar-refractivity contribution in [2.24, 2.45) is 0 Å². The molecule has 1 aliphatic heterocycles. The molecular weight excluding hydrogens is 270 g/mol. The van der Waals surface area contributed by atoms with E-state index in [2.05, 4.69) is 6.07 Å². The fraction of sp³-hybridized carbons (Fsp3) is 0.200. The number of hydrogen-bond donors (Lipinski definition) is 2. The van der Waals surface area contributed by atoms with E-state index < -0.39 is 17.8 Å². The Hall–Kier alpha value is -2.94. The minimum Gasteiger partial charge on any atom is -0.273 e. The molecule has 0 unspecified atom stereocenters. The number of carbonyl (C=O) groups is 3. The molecule has 0 bridgehead atoms. The van der Waals surface area contributed by atoms with Crippen LogP contribution in [0.2, 0.25) is 0 Å². The molecule has 1 aromatic rings. The molecule has 0 saturated carbocycles. The van der Waals surface area contributed by atoms with Crippen LogP contribution in [0, 0.1) is 11.3 Å². The van der Waals surface area contributed by atoms with Crippen LogP contribution in [0.4, 0.5) is 4.79 Å². The predicted octanol–water partition coefficient (Wildman–Crippen LogP) is 1.28. The topological polar surface area (TPSA) is 99.1 Å². The normalized spacial score (nSPS) is 14.3. The van der Waals surface area contributed by atoms with Gasteiger partial charge in [-0.15, -0.1) is 0 Å². The summed E-state index contributed by atoms with van der Waals surface area (Å²) < 4.78 is 0. The van der Waals surface area contributed by atoms with Crippen molar-refractivity contribution in [2.45, 2.75) is 19.8 Å². The second kappa shape index (κ2) is 6.01. The van der Waals surface area contributed by atoms with E-state index in [4.69, 9.17) is 5.26 Å². The van der Waals surface area contributed by atoms with Gasteiger partial charge in [0.15, 0.2) is 0 Å². The number of benzene rings is 1. The standard InChI is InChI=1S/C15H13N3O3/c1-9(12-13(19)17-15(21)18-14(12)20)11-6-4-10(5-7-11)3-2-8-16/h4-7H,2-3H2,1H3,(H2,17,18,19,20,21). The number of hydrogen-bond acceptors (Lipinski definition) is 4. The maximum absolute atomic E-state index is 11.8. The second-order valence-electron chi connectivity index (χ2n) is 4.59. The van der Waals surface area contributed by atoms with E-state index in [0.29, 0.717) is 24.0 Å². The Kier molecular flexibility index (Phi) is 4.14. The average molecular weight is 283 g/mol. The van der Waals surface area contributed by atoms with Crippen molar-refractivity contribution >= 4 is 23.4 Å². The van der Waals surface area contributed by atoms with E-state index in [1.807, 2.05) is 22.8 Å². The summed E-state index contributed by atoms with van der Waals surface area (Å²) in [5.74, 6) is -1.40. The van der Waals surface area contributed by atoms with Gasteiger partial charge in [-0.25, -0.2) is 4.79 Å². The number of barbiturate groups is 1. The van der Waals surface area contributed by atoms with E-state index in [-0.39, 0.29) is 5.57 Å². The second-order valence-corrected chi connectivity index (χ2v) is 4.59. The highest BCUT2D eigenvalue weighted by Gasteiger charge is 2.29. The monoisotopic (exact) mass is 283 g/mol. The van der Waals surface area contributed by atoms with Gasteiger partial charge in [-0.05, 0) is 30.0 Å². The highest BCUT2D eigenvalue weighted by molar-refractivity contribution is 6.32. The molecule has 1 saturated heterocycles. The van der Waals surface area contributed by atoms with E-state index >= 15 is 0 Å². The summed E-state index contributed by atoms with van der Waals surface area (Å²) in [6, 6.07) is 8.53. The van der Waals surface area contributed by atoms with Gasteiger partial charge in [0.05, 0.1) is 6.07 Å². The minimum absolute atomic E-state index is 0.0700. The zero-order valence-electron chi connectivity index (χ0n) is 11.4. The fourth-order valence-corrected chi connectivity index (χ4v) is 2.07. The van der Waals surface area contributed by atoms with Gasteiger partial charge in [-0.2, -0.15) is 5.26 Å². The number of nitrogens with zero attached hydrogens (tertiary/aromatic N) is 1. The molecule has 1 fully saturated rings. The molecular formula is C15H13N3O3. The van der Waals surface area contributed by atoms with Gasteiger partial charge < -0.3 is 0 Å². The number of nitrogens with one attached hydrogen (secondary N) is 2. The summed E-state index contributed by atoms with van der Waals surface area (Å²) in [4.78, 5) is 34.5. The first-order valence-electron chi connectivity index (χ1n) is 6.36. The molecule has 0 radical (unpaired) electrons. The number of imide groups is 2. The molecule has 21 heavy (non-hydrogen) atoms. The van der Waals surface area contributed by atoms with E-state index in [9.17, 15) is 14.4 Å². The molecule has 0 aromatic heterocycles. The van der Waals surface area contributed by atoms with Gasteiger partial charge in [0.1, 0.15) is 5.57 Å². The Morgan fingerprint density at radius 2 is 1.67 bits per heavy atom. The molecule has 1 aliphatic rings. The molecule has 106 valence electrons. The third-order valence-electron chi connectivity index (χ3n) is 3.20. The van der Waals surface area contributed by atoms with Gasteiger partial charge in [0.2, 0.25) is 0 Å². The lowest BCUT2D eigenvalue weighted by Crippen LogP contribution is -2.51. The first kappa shape index (κ1) is 14.5. The maximum Gasteiger partial charge on any atom is 0.328 e. The summed E-state index contributed by atoms with van der Waals surface area (Å²) in [7, 11) is 0. The number of rotatable bonds is 3. The van der Waals surface area contributed by atoms with Crippen LogP contribution >= 0.6 is 0 Å². The number of urea groups is 1. The predicted molar refractivity (Wildman–Crippen MR) is 74.7 cm³/mol. The first-order valence-corrected chi connectivity index (χ1v) is 6.36. The van der Waals surface area contributed by atoms with Crippen molar-refractivity contribution < 1.29 is 14.4 Å². The third-order valence-corrected chi connectivity index (χ3v) is 3.20. The van der Waals surface area contributed by atoms with Crippen molar-refractivity contribution in [1.82, 2.24) is 10.6 Å². The molecule has 0 aliphatic carbocycles. The smallest absolute Gasteiger partial charge is 0.273 e. The van der Waals surface area contributed by atoms with Crippen LogP contribution in [-0.2, 0) is 16.0 Å². The number of carbonyl (C=O) groups excluding carboxylic acids is 3. The van der Waals surface area contributed by atoms with Gasteiger partial charge in [-0.3, -0.25) is 20.2 Å². The van der Waals surface area contributed by atoms with Crippen molar-refractivity contribution in [1.29, 1.82) is 5.26 Å². The molecule has 0 atom stereocenters. The molecule has 0 spiro atoms. The molecule has 6 nitrogen and oxygen atoms in total. The minimum atomic E-state index is -0.812. The molecule has 1 heterocycles. The number of amides is 4. The Balaban J connectivity index is 2.30. The summed E-state index contributed by atoms with van der Waals surface area (Å²) in [5.41, 5.74) is 2.14. The largest absolute Gasteiger partial charge is 0.328 e. The van der Waals surface area contributed by atoms with Crippen LogP contribution < -0.4 is 10.6 Å². The highest BCUT2D eigenvalue weighted by Crippen LogP contribution is 2.20. The maximum atomic E-state index is 11.8. The van der Waals surface area contributed by atoms with Crippen LogP contribution in [0.25, 0.3) is 5.57 Å². The molecule has 4 amide bonds. The van der Waals surface area contributed by atoms with E-state index in [1.165, 1.54) is 0 Å². The molecule has 2 N–H and O–H groups in total. The summed E-state index contributed by atoms with van der Waals surface area (Å²) in [6.07, 6.45) is 1.09. The Morgan fingerprint density at radius 1 is 1.10 bits per heavy atom. The van der Waals surface area contributed by atoms with E-state index in [0.717, 1.165) is 5.56 Å². The van der Waals surface area contributed by atoms with E-state index in [1.54, 1.807) is 19.1 Å². The number of nitriles is 1. The molecule has 6 heteroatoms. The summed E-state index contributed by atoms with van der Waals surface area (Å²) in [5, 5.41) is 12.6. The zero-order valence-corrected chi connectivity index (χ0v) is 11.4. The summed E-state index contributed by atoms with van der Waals surface area (Å²) >= 11 is 0. The lowest BCUT2D eigenvalue weighted by molar-refractivity contribution is -0.123. The average Bonchev–Trinajstić information content (AvgIpc) is 2.44. The zero-order chi connectivity index (χ0) is 15.4. The quantitative estimate of drug-likeness (QED) is 0.644. The Bertz CT molecular complexity index is 659. The third kappa shape index (κ3) is 3.15. The lowest BCUT2D eigenvalue weighted by atomic mass is 9.97. The highest BCUT2D eigenvalue weighted by atomic mass is 16.2. The number of allylic oxidation sites excluding steroid dienone is 1.